The zero-order chi connectivity index (χ0) is 20.4. The maximum Gasteiger partial charge on any atom is 0.249 e. The minimum Gasteiger partial charge on any atom is -0.493 e. The van der Waals surface area contributed by atoms with Crippen molar-refractivity contribution in [2.75, 3.05) is 19.0 Å². The first-order valence-corrected chi connectivity index (χ1v) is 9.01. The number of nitrogens with one attached hydrogen (secondary N) is 2. The molecular formula is C21H25N3O4. The molecule has 0 aliphatic carbocycles. The monoisotopic (exact) mass is 383 g/mol. The fraction of sp³-hybridized carbons (Fsp3) is 0.286. The van der Waals surface area contributed by atoms with Gasteiger partial charge in [-0.2, -0.15) is 5.10 Å². The molecule has 2 amide bonds. The van der Waals surface area contributed by atoms with Crippen LogP contribution in [-0.2, 0) is 9.59 Å². The van der Waals surface area contributed by atoms with E-state index in [-0.39, 0.29) is 6.42 Å². The number of hydrogen-bond donors (Lipinski definition) is 2. The zero-order valence-corrected chi connectivity index (χ0v) is 16.3. The summed E-state index contributed by atoms with van der Waals surface area (Å²) in [6.07, 6.45) is 2.05. The summed E-state index contributed by atoms with van der Waals surface area (Å²) in [7, 11) is 1.56. The lowest BCUT2D eigenvalue weighted by molar-refractivity contribution is -0.126. The Balaban J connectivity index is 1.85. The molecule has 0 fully saturated rings. The summed E-state index contributed by atoms with van der Waals surface area (Å²) in [5.74, 6) is 0.325. The van der Waals surface area contributed by atoms with E-state index < -0.39 is 11.8 Å². The highest BCUT2D eigenvalue weighted by Crippen LogP contribution is 2.27. The molecule has 0 unspecified atom stereocenters. The Bertz CT molecular complexity index is 832. The first-order chi connectivity index (χ1) is 13.5. The highest BCUT2D eigenvalue weighted by atomic mass is 16.5. The summed E-state index contributed by atoms with van der Waals surface area (Å²) in [5, 5.41) is 6.54. The van der Waals surface area contributed by atoms with Crippen LogP contribution in [0.1, 0.15) is 30.9 Å². The fourth-order valence-electron chi connectivity index (χ4n) is 2.30. The minimum atomic E-state index is -0.504. The third kappa shape index (κ3) is 6.75. The number of nitrogens with zero attached hydrogens (tertiary/aromatic N) is 1. The van der Waals surface area contributed by atoms with Gasteiger partial charge in [-0.15, -0.1) is 0 Å². The molecule has 0 atom stereocenters. The molecule has 2 aromatic rings. The van der Waals surface area contributed by atoms with Crippen LogP contribution in [0, 0.1) is 6.92 Å². The molecule has 0 saturated heterocycles. The van der Waals surface area contributed by atoms with Crippen molar-refractivity contribution in [1.29, 1.82) is 0 Å². The van der Waals surface area contributed by atoms with Crippen LogP contribution in [-0.4, -0.2) is 31.7 Å². The van der Waals surface area contributed by atoms with Gasteiger partial charge in [-0.3, -0.25) is 9.59 Å². The van der Waals surface area contributed by atoms with Crippen molar-refractivity contribution in [3.8, 4) is 11.5 Å². The van der Waals surface area contributed by atoms with E-state index in [1.807, 2.05) is 26.0 Å². The lowest BCUT2D eigenvalue weighted by atomic mass is 10.2. The van der Waals surface area contributed by atoms with Crippen LogP contribution in [0.15, 0.2) is 47.6 Å². The summed E-state index contributed by atoms with van der Waals surface area (Å²) < 4.78 is 10.9. The Labute approximate surface area is 164 Å². The van der Waals surface area contributed by atoms with Crippen molar-refractivity contribution in [2.24, 2.45) is 5.10 Å². The van der Waals surface area contributed by atoms with Gasteiger partial charge in [0.2, 0.25) is 11.8 Å². The SMILES string of the molecule is CCCOc1ccc(C=NNC(=O)CC(=O)Nc2ccc(C)cc2)cc1OC. The first-order valence-electron chi connectivity index (χ1n) is 9.01. The van der Waals surface area contributed by atoms with Gasteiger partial charge >= 0.3 is 0 Å². The third-order valence-corrected chi connectivity index (χ3v) is 3.71. The smallest absolute Gasteiger partial charge is 0.249 e. The van der Waals surface area contributed by atoms with E-state index in [1.54, 1.807) is 37.4 Å². The largest absolute Gasteiger partial charge is 0.493 e. The number of aryl methyl sites for hydroxylation is 1. The predicted octanol–water partition coefficient (Wildman–Crippen LogP) is 3.27. The number of anilines is 1. The van der Waals surface area contributed by atoms with Crippen molar-refractivity contribution in [3.05, 3.63) is 53.6 Å². The average Bonchev–Trinajstić information content (AvgIpc) is 2.68. The molecule has 0 aromatic heterocycles. The van der Waals surface area contributed by atoms with Crippen LogP contribution in [0.5, 0.6) is 11.5 Å². The second kappa shape index (κ2) is 10.7. The van der Waals surface area contributed by atoms with Gasteiger partial charge in [0, 0.05) is 5.69 Å². The van der Waals surface area contributed by atoms with E-state index in [9.17, 15) is 9.59 Å². The van der Waals surface area contributed by atoms with Crippen molar-refractivity contribution in [2.45, 2.75) is 26.7 Å². The standard InChI is InChI=1S/C21H25N3O4/c1-4-11-28-18-10-7-16(12-19(18)27-3)14-22-24-21(26)13-20(25)23-17-8-5-15(2)6-9-17/h5-10,12,14H,4,11,13H2,1-3H3,(H,23,25)(H,24,26). The summed E-state index contributed by atoms with van der Waals surface area (Å²) in [5.41, 5.74) is 4.80. The van der Waals surface area contributed by atoms with Gasteiger partial charge in [-0.25, -0.2) is 5.43 Å². The molecule has 0 spiro atoms. The van der Waals surface area contributed by atoms with E-state index in [1.165, 1.54) is 6.21 Å². The molecule has 0 radical (unpaired) electrons. The van der Waals surface area contributed by atoms with E-state index in [4.69, 9.17) is 9.47 Å². The summed E-state index contributed by atoms with van der Waals surface area (Å²) >= 11 is 0. The Morgan fingerprint density at radius 3 is 2.50 bits per heavy atom. The Kier molecular flexibility index (Phi) is 8.02. The molecule has 7 nitrogen and oxygen atoms in total. The maximum atomic E-state index is 11.9. The van der Waals surface area contributed by atoms with E-state index in [0.717, 1.165) is 17.5 Å². The normalized spacial score (nSPS) is 10.5. The van der Waals surface area contributed by atoms with Gasteiger partial charge in [-0.05, 0) is 49.2 Å². The number of amides is 2. The number of hydrogen-bond acceptors (Lipinski definition) is 5. The number of rotatable bonds is 9. The lowest BCUT2D eigenvalue weighted by Crippen LogP contribution is -2.24. The minimum absolute atomic E-state index is 0.321. The Morgan fingerprint density at radius 2 is 1.82 bits per heavy atom. The number of methoxy groups -OCH3 is 1. The number of carbonyl (C=O) groups excluding carboxylic acids is 2. The van der Waals surface area contributed by atoms with E-state index >= 15 is 0 Å². The summed E-state index contributed by atoms with van der Waals surface area (Å²) in [6, 6.07) is 12.7. The number of benzene rings is 2. The predicted molar refractivity (Wildman–Crippen MR) is 109 cm³/mol. The average molecular weight is 383 g/mol. The van der Waals surface area contributed by atoms with Crippen LogP contribution in [0.4, 0.5) is 5.69 Å². The number of hydrazone groups is 1. The molecule has 0 aliphatic rings. The van der Waals surface area contributed by atoms with Crippen LogP contribution < -0.4 is 20.2 Å². The molecule has 148 valence electrons. The van der Waals surface area contributed by atoms with E-state index in [0.29, 0.717) is 23.8 Å². The van der Waals surface area contributed by atoms with Crippen LogP contribution in [0.25, 0.3) is 0 Å². The van der Waals surface area contributed by atoms with Crippen molar-refractivity contribution >= 4 is 23.7 Å². The zero-order valence-electron chi connectivity index (χ0n) is 16.3. The number of ether oxygens (including phenoxy) is 2. The van der Waals surface area contributed by atoms with Crippen molar-refractivity contribution < 1.29 is 19.1 Å². The molecule has 0 saturated carbocycles. The first kappa shape index (κ1) is 21.0. The third-order valence-electron chi connectivity index (χ3n) is 3.71. The second-order valence-electron chi connectivity index (χ2n) is 6.14. The second-order valence-corrected chi connectivity index (χ2v) is 6.14. The topological polar surface area (TPSA) is 89.0 Å². The van der Waals surface area contributed by atoms with Gasteiger partial charge in [-0.1, -0.05) is 24.6 Å². The highest BCUT2D eigenvalue weighted by molar-refractivity contribution is 6.03. The molecule has 2 aromatic carbocycles. The summed E-state index contributed by atoms with van der Waals surface area (Å²) in [6.45, 7) is 4.58. The number of carbonyl (C=O) groups is 2. The molecule has 2 rings (SSSR count). The van der Waals surface area contributed by atoms with Crippen molar-refractivity contribution in [3.63, 3.8) is 0 Å². The highest BCUT2D eigenvalue weighted by Gasteiger charge is 2.09. The van der Waals surface area contributed by atoms with Gasteiger partial charge in [0.1, 0.15) is 6.42 Å². The quantitative estimate of drug-likeness (QED) is 0.395. The van der Waals surface area contributed by atoms with Gasteiger partial charge < -0.3 is 14.8 Å². The molecule has 7 heteroatoms. The Hall–Kier alpha value is -3.35. The molecule has 0 heterocycles. The Morgan fingerprint density at radius 1 is 1.07 bits per heavy atom. The molecule has 28 heavy (non-hydrogen) atoms. The van der Waals surface area contributed by atoms with E-state index in [2.05, 4.69) is 15.8 Å². The van der Waals surface area contributed by atoms with Gasteiger partial charge in [0.05, 0.1) is 19.9 Å². The van der Waals surface area contributed by atoms with Gasteiger partial charge in [0.25, 0.3) is 0 Å². The molecular weight excluding hydrogens is 358 g/mol. The van der Waals surface area contributed by atoms with Crippen molar-refractivity contribution in [1.82, 2.24) is 5.43 Å². The molecule has 0 bridgehead atoms. The molecule has 0 aliphatic heterocycles. The van der Waals surface area contributed by atoms with Crippen LogP contribution >= 0.6 is 0 Å². The summed E-state index contributed by atoms with van der Waals surface area (Å²) in [4.78, 5) is 23.7. The lowest BCUT2D eigenvalue weighted by Gasteiger charge is -2.10. The van der Waals surface area contributed by atoms with Gasteiger partial charge in [0.15, 0.2) is 11.5 Å². The molecule has 2 N–H and O–H groups in total. The fourth-order valence-corrected chi connectivity index (χ4v) is 2.30. The maximum absolute atomic E-state index is 11.9. The van der Waals surface area contributed by atoms with Crippen LogP contribution in [0.2, 0.25) is 0 Å². The van der Waals surface area contributed by atoms with Crippen LogP contribution in [0.3, 0.4) is 0 Å².